The molecule has 3 nitrogen and oxygen atoms in total. The molecule has 1 unspecified atom stereocenters. The lowest BCUT2D eigenvalue weighted by Gasteiger charge is -2.24. The van der Waals surface area contributed by atoms with Gasteiger partial charge in [-0.1, -0.05) is 36.4 Å². The zero-order valence-corrected chi connectivity index (χ0v) is 18.8. The standard InChI is InChI=1S/C26H33N3/c1-17-11-13-22(19(3)18(17)2)26(27)25-15-21(29(6)7)12-14-24(25)23-10-8-9-20(23)16-28(4)5/h8-15,23,27H,16H2,1-7H3. The van der Waals surface area contributed by atoms with Crippen molar-refractivity contribution >= 4 is 11.4 Å². The van der Waals surface area contributed by atoms with Crippen molar-refractivity contribution in [2.24, 2.45) is 0 Å². The number of benzene rings is 2. The van der Waals surface area contributed by atoms with Gasteiger partial charge in [0.2, 0.25) is 0 Å². The average molecular weight is 388 g/mol. The Morgan fingerprint density at radius 3 is 2.31 bits per heavy atom. The van der Waals surface area contributed by atoms with Gasteiger partial charge in [-0.15, -0.1) is 0 Å². The van der Waals surface area contributed by atoms with E-state index in [0.29, 0.717) is 5.71 Å². The van der Waals surface area contributed by atoms with Gasteiger partial charge in [-0.05, 0) is 74.8 Å². The van der Waals surface area contributed by atoms with Gasteiger partial charge in [0.1, 0.15) is 0 Å². The van der Waals surface area contributed by atoms with Crippen LogP contribution in [-0.4, -0.2) is 45.3 Å². The van der Waals surface area contributed by atoms with E-state index in [-0.39, 0.29) is 5.92 Å². The topological polar surface area (TPSA) is 30.3 Å². The first-order chi connectivity index (χ1) is 13.7. The van der Waals surface area contributed by atoms with Crippen LogP contribution in [0.1, 0.15) is 39.3 Å². The van der Waals surface area contributed by atoms with Crippen LogP contribution in [0.3, 0.4) is 0 Å². The van der Waals surface area contributed by atoms with Crippen LogP contribution in [0, 0.1) is 26.2 Å². The molecule has 0 aliphatic heterocycles. The summed E-state index contributed by atoms with van der Waals surface area (Å²) in [7, 11) is 8.31. The van der Waals surface area contributed by atoms with E-state index < -0.39 is 0 Å². The van der Waals surface area contributed by atoms with Gasteiger partial charge < -0.3 is 9.80 Å². The summed E-state index contributed by atoms with van der Waals surface area (Å²) in [4.78, 5) is 4.31. The lowest BCUT2D eigenvalue weighted by atomic mass is 9.84. The Bertz CT molecular complexity index is 993. The van der Waals surface area contributed by atoms with Gasteiger partial charge in [0.05, 0.1) is 5.71 Å². The zero-order valence-electron chi connectivity index (χ0n) is 18.8. The molecule has 1 aliphatic carbocycles. The second-order valence-electron chi connectivity index (χ2n) is 8.56. The van der Waals surface area contributed by atoms with E-state index in [4.69, 9.17) is 5.41 Å². The van der Waals surface area contributed by atoms with Crippen molar-refractivity contribution in [2.75, 3.05) is 39.6 Å². The minimum atomic E-state index is 0.218. The second-order valence-corrected chi connectivity index (χ2v) is 8.56. The fourth-order valence-electron chi connectivity index (χ4n) is 4.02. The third-order valence-electron chi connectivity index (χ3n) is 6.00. The summed E-state index contributed by atoms with van der Waals surface area (Å²) in [6.45, 7) is 7.34. The molecule has 0 bridgehead atoms. The number of allylic oxidation sites excluding steroid dienone is 3. The summed E-state index contributed by atoms with van der Waals surface area (Å²) in [5, 5.41) is 9.16. The Balaban J connectivity index is 2.13. The molecule has 0 saturated heterocycles. The normalized spacial score (nSPS) is 15.7. The molecule has 0 spiro atoms. The summed E-state index contributed by atoms with van der Waals surface area (Å²) < 4.78 is 0. The maximum Gasteiger partial charge on any atom is 0.0691 e. The Hall–Kier alpha value is -2.65. The Labute approximate surface area is 175 Å². The quantitative estimate of drug-likeness (QED) is 0.688. The minimum Gasteiger partial charge on any atom is -0.378 e. The van der Waals surface area contributed by atoms with Crippen LogP contribution in [-0.2, 0) is 0 Å². The third kappa shape index (κ3) is 4.20. The lowest BCUT2D eigenvalue weighted by molar-refractivity contribution is 0.439. The van der Waals surface area contributed by atoms with Gasteiger partial charge >= 0.3 is 0 Å². The van der Waals surface area contributed by atoms with Crippen molar-refractivity contribution in [3.05, 3.63) is 87.5 Å². The van der Waals surface area contributed by atoms with Gasteiger partial charge in [-0.3, -0.25) is 5.41 Å². The minimum absolute atomic E-state index is 0.218. The summed E-state index contributed by atoms with van der Waals surface area (Å²) in [5.74, 6) is 0.218. The highest BCUT2D eigenvalue weighted by molar-refractivity contribution is 6.13. The van der Waals surface area contributed by atoms with E-state index in [2.05, 4.69) is 107 Å². The molecule has 0 saturated carbocycles. The largest absolute Gasteiger partial charge is 0.378 e. The van der Waals surface area contributed by atoms with Gasteiger partial charge in [0, 0.05) is 43.4 Å². The first-order valence-electron chi connectivity index (χ1n) is 10.2. The molecule has 0 fully saturated rings. The molecule has 1 N–H and O–H groups in total. The molecule has 2 aromatic rings. The molecular weight excluding hydrogens is 354 g/mol. The van der Waals surface area contributed by atoms with Gasteiger partial charge in [0.25, 0.3) is 0 Å². The highest BCUT2D eigenvalue weighted by Crippen LogP contribution is 2.36. The summed E-state index contributed by atoms with van der Waals surface area (Å²) in [5.41, 5.74) is 10.1. The lowest BCUT2D eigenvalue weighted by Crippen LogP contribution is -2.19. The Kier molecular flexibility index (Phi) is 6.09. The van der Waals surface area contributed by atoms with Crippen molar-refractivity contribution in [3.63, 3.8) is 0 Å². The number of aryl methyl sites for hydroxylation is 1. The molecule has 3 heteroatoms. The highest BCUT2D eigenvalue weighted by atomic mass is 15.1. The summed E-state index contributed by atoms with van der Waals surface area (Å²) >= 11 is 0. The number of likely N-dealkylation sites (N-methyl/N-ethyl adjacent to an activating group) is 1. The molecule has 152 valence electrons. The van der Waals surface area contributed by atoms with Crippen molar-refractivity contribution in [1.29, 1.82) is 5.41 Å². The monoisotopic (exact) mass is 387 g/mol. The third-order valence-corrected chi connectivity index (χ3v) is 6.00. The maximum absolute atomic E-state index is 9.16. The fraction of sp³-hybridized carbons (Fsp3) is 0.346. The van der Waals surface area contributed by atoms with Crippen LogP contribution in [0.25, 0.3) is 0 Å². The molecule has 29 heavy (non-hydrogen) atoms. The van der Waals surface area contributed by atoms with E-state index >= 15 is 0 Å². The first kappa shape index (κ1) is 21.1. The van der Waals surface area contributed by atoms with E-state index in [1.54, 1.807) is 0 Å². The van der Waals surface area contributed by atoms with Crippen molar-refractivity contribution in [1.82, 2.24) is 4.90 Å². The molecule has 0 heterocycles. The summed E-state index contributed by atoms with van der Waals surface area (Å²) in [6.07, 6.45) is 6.63. The molecule has 1 atom stereocenters. The molecule has 1 aliphatic rings. The zero-order chi connectivity index (χ0) is 21.3. The predicted molar refractivity (Wildman–Crippen MR) is 126 cm³/mol. The number of nitrogens with zero attached hydrogens (tertiary/aromatic N) is 2. The van der Waals surface area contributed by atoms with Gasteiger partial charge in [-0.2, -0.15) is 0 Å². The predicted octanol–water partition coefficient (Wildman–Crippen LogP) is 5.24. The SMILES string of the molecule is Cc1ccc(C(=N)c2cc(N(C)C)ccc2C2C=CC=C2CN(C)C)c(C)c1C. The van der Waals surface area contributed by atoms with E-state index in [1.165, 1.54) is 27.8 Å². The van der Waals surface area contributed by atoms with Crippen molar-refractivity contribution in [3.8, 4) is 0 Å². The highest BCUT2D eigenvalue weighted by Gasteiger charge is 2.23. The van der Waals surface area contributed by atoms with Crippen LogP contribution in [0.5, 0.6) is 0 Å². The number of anilines is 1. The van der Waals surface area contributed by atoms with Crippen LogP contribution < -0.4 is 4.90 Å². The average Bonchev–Trinajstić information content (AvgIpc) is 3.12. The Morgan fingerprint density at radius 1 is 0.931 bits per heavy atom. The van der Waals surface area contributed by atoms with Crippen LogP contribution >= 0.6 is 0 Å². The molecular formula is C26H33N3. The number of hydrogen-bond donors (Lipinski definition) is 1. The number of nitrogens with one attached hydrogen (secondary N) is 1. The summed E-state index contributed by atoms with van der Waals surface area (Å²) in [6, 6.07) is 10.8. The number of rotatable bonds is 6. The Morgan fingerprint density at radius 2 is 1.66 bits per heavy atom. The maximum atomic E-state index is 9.16. The van der Waals surface area contributed by atoms with Gasteiger partial charge in [-0.25, -0.2) is 0 Å². The van der Waals surface area contributed by atoms with E-state index in [0.717, 1.165) is 23.4 Å². The van der Waals surface area contributed by atoms with Gasteiger partial charge in [0.15, 0.2) is 0 Å². The first-order valence-corrected chi connectivity index (χ1v) is 10.2. The van der Waals surface area contributed by atoms with E-state index in [9.17, 15) is 0 Å². The second kappa shape index (κ2) is 8.38. The van der Waals surface area contributed by atoms with Crippen LogP contribution in [0.2, 0.25) is 0 Å². The molecule has 2 aromatic carbocycles. The van der Waals surface area contributed by atoms with Crippen LogP contribution in [0.15, 0.2) is 54.1 Å². The van der Waals surface area contributed by atoms with Crippen LogP contribution in [0.4, 0.5) is 5.69 Å². The van der Waals surface area contributed by atoms with E-state index in [1.807, 2.05) is 0 Å². The van der Waals surface area contributed by atoms with Crippen molar-refractivity contribution < 1.29 is 0 Å². The molecule has 0 amide bonds. The van der Waals surface area contributed by atoms with Crippen molar-refractivity contribution in [2.45, 2.75) is 26.7 Å². The molecule has 0 radical (unpaired) electrons. The molecule has 0 aromatic heterocycles. The smallest absolute Gasteiger partial charge is 0.0691 e. The number of hydrogen-bond acceptors (Lipinski definition) is 3. The fourth-order valence-corrected chi connectivity index (χ4v) is 4.02. The molecule has 3 rings (SSSR count).